The zero-order valence-electron chi connectivity index (χ0n) is 18.8. The lowest BCUT2D eigenvalue weighted by Gasteiger charge is -2.14. The third-order valence-corrected chi connectivity index (χ3v) is 7.22. The molecule has 10 heteroatoms. The predicted octanol–water partition coefficient (Wildman–Crippen LogP) is 3.65. The molecule has 1 N–H and O–H groups in total. The summed E-state index contributed by atoms with van der Waals surface area (Å²) in [6.07, 6.45) is 2.97. The van der Waals surface area contributed by atoms with Gasteiger partial charge in [0.05, 0.1) is 37.5 Å². The summed E-state index contributed by atoms with van der Waals surface area (Å²) in [4.78, 5) is 13.5. The van der Waals surface area contributed by atoms with E-state index in [1.54, 1.807) is 25.6 Å². The molecule has 0 spiro atoms. The number of benzene rings is 1. The molecular weight excluding hydrogens is 460 g/mol. The average molecular weight is 489 g/mol. The maximum absolute atomic E-state index is 12.5. The van der Waals surface area contributed by atoms with E-state index in [-0.39, 0.29) is 17.8 Å². The third kappa shape index (κ3) is 6.07. The molecule has 176 valence electrons. The number of carbonyl (C=O) groups excluding carboxylic acids is 1. The van der Waals surface area contributed by atoms with E-state index >= 15 is 0 Å². The molecule has 1 atom stereocenters. The minimum Gasteiger partial charge on any atom is -0.493 e. The molecular formula is C23H28N4O4S2. The van der Waals surface area contributed by atoms with Crippen molar-refractivity contribution in [2.24, 2.45) is 0 Å². The van der Waals surface area contributed by atoms with Crippen LogP contribution in [0.3, 0.4) is 0 Å². The van der Waals surface area contributed by atoms with E-state index in [0.717, 1.165) is 40.9 Å². The van der Waals surface area contributed by atoms with Gasteiger partial charge in [0.15, 0.2) is 22.5 Å². The van der Waals surface area contributed by atoms with Crippen molar-refractivity contribution in [1.29, 1.82) is 0 Å². The quantitative estimate of drug-likeness (QED) is 0.412. The van der Waals surface area contributed by atoms with Gasteiger partial charge in [-0.2, -0.15) is 0 Å². The number of rotatable bonds is 11. The molecule has 0 radical (unpaired) electrons. The molecule has 33 heavy (non-hydrogen) atoms. The van der Waals surface area contributed by atoms with Gasteiger partial charge in [-0.05, 0) is 48.4 Å². The van der Waals surface area contributed by atoms with Crippen molar-refractivity contribution < 1.29 is 19.0 Å². The Kier molecular flexibility index (Phi) is 8.25. The highest BCUT2D eigenvalue weighted by Crippen LogP contribution is 2.29. The Hall–Kier alpha value is -2.56. The maximum Gasteiger partial charge on any atom is 0.230 e. The molecule has 1 unspecified atom stereocenters. The highest BCUT2D eigenvalue weighted by molar-refractivity contribution is 7.99. The van der Waals surface area contributed by atoms with E-state index < -0.39 is 0 Å². The summed E-state index contributed by atoms with van der Waals surface area (Å²) in [5.74, 6) is 2.45. The fourth-order valence-corrected chi connectivity index (χ4v) is 5.20. The second-order valence-electron chi connectivity index (χ2n) is 7.61. The SMILES string of the molecule is COc1ccc(CCNC(=O)CSc2nnc(-c3cccs3)n2CC2CCCO2)cc1OC. The van der Waals surface area contributed by atoms with Gasteiger partial charge >= 0.3 is 0 Å². The summed E-state index contributed by atoms with van der Waals surface area (Å²) in [7, 11) is 3.22. The summed E-state index contributed by atoms with van der Waals surface area (Å²) in [5, 5.41) is 14.5. The molecule has 8 nitrogen and oxygen atoms in total. The number of nitrogens with zero attached hydrogens (tertiary/aromatic N) is 3. The monoisotopic (exact) mass is 488 g/mol. The van der Waals surface area contributed by atoms with Crippen molar-refractivity contribution in [1.82, 2.24) is 20.1 Å². The molecule has 1 aliphatic rings. The zero-order chi connectivity index (χ0) is 23.0. The summed E-state index contributed by atoms with van der Waals surface area (Å²) in [6, 6.07) is 9.82. The second-order valence-corrected chi connectivity index (χ2v) is 9.50. The number of ether oxygens (including phenoxy) is 3. The molecule has 1 amide bonds. The Balaban J connectivity index is 1.32. The van der Waals surface area contributed by atoms with Gasteiger partial charge in [-0.1, -0.05) is 23.9 Å². The van der Waals surface area contributed by atoms with Gasteiger partial charge in [0.1, 0.15) is 0 Å². The number of amides is 1. The standard InChI is InChI=1S/C23H28N4O4S2/c1-29-18-8-7-16(13-19(18)30-2)9-10-24-21(28)15-33-23-26-25-22(20-6-4-12-32-20)27(23)14-17-5-3-11-31-17/h4,6-8,12-13,17H,3,5,9-11,14-15H2,1-2H3,(H,24,28). The molecule has 2 aromatic heterocycles. The number of hydrogen-bond acceptors (Lipinski definition) is 8. The lowest BCUT2D eigenvalue weighted by atomic mass is 10.1. The normalized spacial score (nSPS) is 15.5. The first-order valence-electron chi connectivity index (χ1n) is 10.9. The van der Waals surface area contributed by atoms with Crippen LogP contribution in [0.15, 0.2) is 40.9 Å². The van der Waals surface area contributed by atoms with E-state index in [0.29, 0.717) is 31.0 Å². The Morgan fingerprint density at radius 3 is 2.88 bits per heavy atom. The molecule has 3 heterocycles. The summed E-state index contributed by atoms with van der Waals surface area (Å²) < 4.78 is 18.5. The smallest absolute Gasteiger partial charge is 0.230 e. The van der Waals surface area contributed by atoms with Crippen LogP contribution in [0.25, 0.3) is 10.7 Å². The number of thiophene rings is 1. The number of aromatic nitrogens is 3. The van der Waals surface area contributed by atoms with Crippen LogP contribution in [0.4, 0.5) is 0 Å². The van der Waals surface area contributed by atoms with Gasteiger partial charge in [0.2, 0.25) is 5.91 Å². The first-order chi connectivity index (χ1) is 16.2. The zero-order valence-corrected chi connectivity index (χ0v) is 20.4. The van der Waals surface area contributed by atoms with Crippen LogP contribution < -0.4 is 14.8 Å². The minimum absolute atomic E-state index is 0.0372. The van der Waals surface area contributed by atoms with Crippen molar-refractivity contribution >= 4 is 29.0 Å². The van der Waals surface area contributed by atoms with Crippen molar-refractivity contribution in [2.45, 2.75) is 37.1 Å². The number of nitrogens with one attached hydrogen (secondary N) is 1. The van der Waals surface area contributed by atoms with E-state index in [2.05, 4.69) is 20.1 Å². The molecule has 1 fully saturated rings. The maximum atomic E-state index is 12.5. The summed E-state index contributed by atoms with van der Waals surface area (Å²) in [6.45, 7) is 2.04. The molecule has 0 saturated carbocycles. The molecule has 0 aliphatic carbocycles. The lowest BCUT2D eigenvalue weighted by molar-refractivity contribution is -0.118. The van der Waals surface area contributed by atoms with Gasteiger partial charge in [-0.25, -0.2) is 0 Å². The molecule has 4 rings (SSSR count). The Morgan fingerprint density at radius 1 is 1.27 bits per heavy atom. The van der Waals surface area contributed by atoms with Crippen LogP contribution in [0.5, 0.6) is 11.5 Å². The largest absolute Gasteiger partial charge is 0.493 e. The lowest BCUT2D eigenvalue weighted by Crippen LogP contribution is -2.27. The highest BCUT2D eigenvalue weighted by Gasteiger charge is 2.22. The predicted molar refractivity (Wildman–Crippen MR) is 129 cm³/mol. The van der Waals surface area contributed by atoms with Crippen molar-refractivity contribution in [2.75, 3.05) is 33.1 Å². The van der Waals surface area contributed by atoms with Crippen molar-refractivity contribution in [3.8, 4) is 22.2 Å². The van der Waals surface area contributed by atoms with Crippen LogP contribution in [0.1, 0.15) is 18.4 Å². The van der Waals surface area contributed by atoms with Gasteiger partial charge in [0, 0.05) is 13.2 Å². The van der Waals surface area contributed by atoms with Crippen molar-refractivity contribution in [3.05, 3.63) is 41.3 Å². The molecule has 0 bridgehead atoms. The number of hydrogen-bond donors (Lipinski definition) is 1. The first-order valence-corrected chi connectivity index (χ1v) is 12.7. The number of thioether (sulfide) groups is 1. The van der Waals surface area contributed by atoms with Crippen LogP contribution in [-0.2, 0) is 22.5 Å². The molecule has 1 aromatic carbocycles. The molecule has 1 saturated heterocycles. The van der Waals surface area contributed by atoms with Crippen LogP contribution >= 0.6 is 23.1 Å². The van der Waals surface area contributed by atoms with Crippen molar-refractivity contribution in [3.63, 3.8) is 0 Å². The minimum atomic E-state index is -0.0372. The van der Waals surface area contributed by atoms with Crippen LogP contribution in [-0.4, -0.2) is 59.9 Å². The van der Waals surface area contributed by atoms with E-state index in [9.17, 15) is 4.79 Å². The summed E-state index contributed by atoms with van der Waals surface area (Å²) >= 11 is 3.03. The fraction of sp³-hybridized carbons (Fsp3) is 0.435. The van der Waals surface area contributed by atoms with E-state index in [1.807, 2.05) is 35.7 Å². The first kappa shape index (κ1) is 23.6. The Morgan fingerprint density at radius 2 is 2.15 bits per heavy atom. The van der Waals surface area contributed by atoms with Crippen LogP contribution in [0, 0.1) is 0 Å². The Labute approximate surface area is 201 Å². The third-order valence-electron chi connectivity index (χ3n) is 5.38. The summed E-state index contributed by atoms with van der Waals surface area (Å²) in [5.41, 5.74) is 1.07. The average Bonchev–Trinajstić information content (AvgIpc) is 3.60. The number of methoxy groups -OCH3 is 2. The molecule has 3 aromatic rings. The van der Waals surface area contributed by atoms with Crippen LogP contribution in [0.2, 0.25) is 0 Å². The van der Waals surface area contributed by atoms with Gasteiger partial charge in [-0.15, -0.1) is 21.5 Å². The Bertz CT molecular complexity index is 1050. The topological polar surface area (TPSA) is 87.5 Å². The van der Waals surface area contributed by atoms with E-state index in [4.69, 9.17) is 14.2 Å². The molecule has 1 aliphatic heterocycles. The number of carbonyl (C=O) groups is 1. The highest BCUT2D eigenvalue weighted by atomic mass is 32.2. The van der Waals surface area contributed by atoms with E-state index in [1.165, 1.54) is 11.8 Å². The van der Waals surface area contributed by atoms with Gasteiger partial charge in [0.25, 0.3) is 0 Å². The van der Waals surface area contributed by atoms with Gasteiger partial charge in [-0.3, -0.25) is 9.36 Å². The second kappa shape index (κ2) is 11.5. The van der Waals surface area contributed by atoms with Gasteiger partial charge < -0.3 is 19.5 Å². The fourth-order valence-electron chi connectivity index (χ4n) is 3.70.